The van der Waals surface area contributed by atoms with Crippen LogP contribution in [0.15, 0.2) is 60.8 Å². The second-order valence-electron chi connectivity index (χ2n) is 9.14. The fourth-order valence-electron chi connectivity index (χ4n) is 4.53. The number of nitrogens with zero attached hydrogens (tertiary/aromatic N) is 1. The fraction of sp³-hybridized carbons (Fsp3) is 0.321. The van der Waals surface area contributed by atoms with Crippen molar-refractivity contribution in [3.8, 4) is 22.8 Å². The van der Waals surface area contributed by atoms with Gasteiger partial charge in [0, 0.05) is 18.7 Å². The molecule has 0 atom stereocenters. The van der Waals surface area contributed by atoms with E-state index in [1.165, 1.54) is 0 Å². The van der Waals surface area contributed by atoms with Crippen molar-refractivity contribution in [1.29, 1.82) is 0 Å². The predicted octanol–water partition coefficient (Wildman–Crippen LogP) is 4.91. The van der Waals surface area contributed by atoms with Crippen LogP contribution in [0, 0.1) is 5.82 Å². The van der Waals surface area contributed by atoms with E-state index in [1.807, 2.05) is 36.4 Å². The highest BCUT2D eigenvalue weighted by atomic mass is 19.1. The maximum absolute atomic E-state index is 14.0. The third-order valence-electron chi connectivity index (χ3n) is 6.38. The first kappa shape index (κ1) is 26.1. The second kappa shape index (κ2) is 12.3. The summed E-state index contributed by atoms with van der Waals surface area (Å²) in [6, 6.07) is 16.2. The number of aromatic nitrogens is 1. The Hall–Kier alpha value is -3.98. The number of benzene rings is 2. The van der Waals surface area contributed by atoms with Gasteiger partial charge in [-0.2, -0.15) is 0 Å². The molecule has 4 N–H and O–H groups in total. The lowest BCUT2D eigenvalue weighted by molar-refractivity contribution is 0.0919. The summed E-state index contributed by atoms with van der Waals surface area (Å²) < 4.78 is 20.0. The van der Waals surface area contributed by atoms with Gasteiger partial charge in [-0.15, -0.1) is 0 Å². The molecular formula is C28H30FN3O5. The van der Waals surface area contributed by atoms with Crippen LogP contribution in [0.25, 0.3) is 11.1 Å². The minimum absolute atomic E-state index is 0.00558. The summed E-state index contributed by atoms with van der Waals surface area (Å²) in [6.45, 7) is 0.136. The molecule has 2 aromatic carbocycles. The van der Waals surface area contributed by atoms with Crippen LogP contribution in [0.3, 0.4) is 0 Å². The molecule has 0 saturated heterocycles. The van der Waals surface area contributed by atoms with Gasteiger partial charge >= 0.3 is 6.09 Å². The SMILES string of the molecule is O=C(O)NC1CCC(NC(=O)c2cc(F)cnc2Oc2cccc(-c3cccc(CCCO)c3)c2)CC1. The van der Waals surface area contributed by atoms with Gasteiger partial charge in [0.1, 0.15) is 17.1 Å². The van der Waals surface area contributed by atoms with Crippen molar-refractivity contribution in [2.24, 2.45) is 0 Å². The second-order valence-corrected chi connectivity index (χ2v) is 9.14. The van der Waals surface area contributed by atoms with Crippen molar-refractivity contribution >= 4 is 12.0 Å². The van der Waals surface area contributed by atoms with E-state index >= 15 is 0 Å². The minimum Gasteiger partial charge on any atom is -0.465 e. The number of carbonyl (C=O) groups is 2. The normalized spacial score (nSPS) is 17.1. The highest BCUT2D eigenvalue weighted by Gasteiger charge is 2.25. The lowest BCUT2D eigenvalue weighted by Crippen LogP contribution is -2.43. The molecule has 1 aromatic heterocycles. The molecular weight excluding hydrogens is 477 g/mol. The van der Waals surface area contributed by atoms with E-state index in [9.17, 15) is 14.0 Å². The van der Waals surface area contributed by atoms with Gasteiger partial charge in [-0.1, -0.05) is 36.4 Å². The smallest absolute Gasteiger partial charge is 0.404 e. The van der Waals surface area contributed by atoms with E-state index in [0.717, 1.165) is 35.4 Å². The van der Waals surface area contributed by atoms with Crippen molar-refractivity contribution in [3.63, 3.8) is 0 Å². The summed E-state index contributed by atoms with van der Waals surface area (Å²) in [7, 11) is 0. The number of nitrogens with one attached hydrogen (secondary N) is 2. The lowest BCUT2D eigenvalue weighted by Gasteiger charge is -2.29. The number of amides is 2. The van der Waals surface area contributed by atoms with Crippen molar-refractivity contribution in [2.75, 3.05) is 6.61 Å². The molecule has 194 valence electrons. The van der Waals surface area contributed by atoms with E-state index in [-0.39, 0.29) is 30.1 Å². The Bertz CT molecular complexity index is 1240. The van der Waals surface area contributed by atoms with Gasteiger partial charge in [-0.3, -0.25) is 4.79 Å². The fourth-order valence-corrected chi connectivity index (χ4v) is 4.53. The number of carboxylic acid groups (broad SMARTS) is 1. The van der Waals surface area contributed by atoms with Gasteiger partial charge in [-0.25, -0.2) is 14.2 Å². The van der Waals surface area contributed by atoms with Crippen LogP contribution in [-0.2, 0) is 6.42 Å². The number of pyridine rings is 1. The highest BCUT2D eigenvalue weighted by Crippen LogP contribution is 2.29. The molecule has 1 fully saturated rings. The molecule has 1 saturated carbocycles. The Morgan fingerprint density at radius 1 is 0.973 bits per heavy atom. The summed E-state index contributed by atoms with van der Waals surface area (Å²) in [4.78, 5) is 27.9. The average Bonchev–Trinajstić information content (AvgIpc) is 2.89. The number of rotatable bonds is 9. The number of aryl methyl sites for hydroxylation is 1. The Morgan fingerprint density at radius 3 is 2.35 bits per heavy atom. The molecule has 1 heterocycles. The first-order chi connectivity index (χ1) is 17.9. The van der Waals surface area contributed by atoms with Crippen molar-refractivity contribution in [1.82, 2.24) is 15.6 Å². The largest absolute Gasteiger partial charge is 0.465 e. The zero-order valence-corrected chi connectivity index (χ0v) is 20.3. The Balaban J connectivity index is 1.47. The van der Waals surface area contributed by atoms with Gasteiger partial charge in [0.2, 0.25) is 5.88 Å². The highest BCUT2D eigenvalue weighted by molar-refractivity contribution is 5.96. The van der Waals surface area contributed by atoms with Gasteiger partial charge in [0.15, 0.2) is 0 Å². The van der Waals surface area contributed by atoms with Crippen LogP contribution >= 0.6 is 0 Å². The zero-order chi connectivity index (χ0) is 26.2. The molecule has 0 aliphatic heterocycles. The molecule has 9 heteroatoms. The summed E-state index contributed by atoms with van der Waals surface area (Å²) in [5, 5.41) is 23.4. The Kier molecular flexibility index (Phi) is 8.68. The van der Waals surface area contributed by atoms with Gasteiger partial charge < -0.3 is 25.6 Å². The van der Waals surface area contributed by atoms with Crippen LogP contribution in [0.1, 0.15) is 48.0 Å². The average molecular weight is 508 g/mol. The Morgan fingerprint density at radius 2 is 1.65 bits per heavy atom. The number of aliphatic hydroxyl groups excluding tert-OH is 1. The molecule has 0 unspecified atom stereocenters. The summed E-state index contributed by atoms with van der Waals surface area (Å²) in [5.74, 6) is -0.703. The van der Waals surface area contributed by atoms with Gasteiger partial charge in [0.05, 0.1) is 6.20 Å². The number of halogens is 1. The van der Waals surface area contributed by atoms with E-state index in [1.54, 1.807) is 6.07 Å². The lowest BCUT2D eigenvalue weighted by atomic mass is 9.91. The van der Waals surface area contributed by atoms with Gasteiger partial charge in [0.25, 0.3) is 5.91 Å². The van der Waals surface area contributed by atoms with Crippen molar-refractivity contribution < 1.29 is 28.9 Å². The standard InChI is InChI=1S/C28H30FN3O5/c29-21-16-25(26(34)31-22-9-11-23(12-10-22)32-28(35)36)27(30-17-21)37-24-8-2-7-20(15-24)19-6-1-4-18(14-19)5-3-13-33/h1-2,4,6-8,14-17,22-23,32-33H,3,5,9-13H2,(H,31,34)(H,35,36). The van der Waals surface area contributed by atoms with Gasteiger partial charge in [-0.05, 0) is 73.4 Å². The van der Waals surface area contributed by atoms with Crippen LogP contribution < -0.4 is 15.4 Å². The maximum atomic E-state index is 14.0. The van der Waals surface area contributed by atoms with E-state index in [2.05, 4.69) is 21.7 Å². The molecule has 2 amide bonds. The minimum atomic E-state index is -1.06. The Labute approximate surface area is 214 Å². The number of hydrogen-bond acceptors (Lipinski definition) is 5. The van der Waals surface area contributed by atoms with Crippen LogP contribution in [0.4, 0.5) is 9.18 Å². The molecule has 37 heavy (non-hydrogen) atoms. The monoisotopic (exact) mass is 507 g/mol. The molecule has 0 spiro atoms. The molecule has 1 aliphatic carbocycles. The van der Waals surface area contributed by atoms with E-state index in [0.29, 0.717) is 37.9 Å². The quantitative estimate of drug-likeness (QED) is 0.327. The third-order valence-corrected chi connectivity index (χ3v) is 6.38. The van der Waals surface area contributed by atoms with E-state index in [4.69, 9.17) is 14.9 Å². The number of ether oxygens (including phenoxy) is 1. The van der Waals surface area contributed by atoms with Crippen LogP contribution in [0.2, 0.25) is 0 Å². The molecule has 4 rings (SSSR count). The summed E-state index contributed by atoms with van der Waals surface area (Å²) in [6.07, 6.45) is 3.84. The van der Waals surface area contributed by atoms with Crippen molar-refractivity contribution in [2.45, 2.75) is 50.6 Å². The first-order valence-electron chi connectivity index (χ1n) is 12.3. The van der Waals surface area contributed by atoms with E-state index < -0.39 is 17.8 Å². The van der Waals surface area contributed by atoms with Crippen molar-refractivity contribution in [3.05, 3.63) is 77.7 Å². The third kappa shape index (κ3) is 7.27. The maximum Gasteiger partial charge on any atom is 0.404 e. The number of aliphatic hydroxyl groups is 1. The predicted molar refractivity (Wildman–Crippen MR) is 136 cm³/mol. The number of hydrogen-bond donors (Lipinski definition) is 4. The molecule has 3 aromatic rings. The molecule has 1 aliphatic rings. The molecule has 0 radical (unpaired) electrons. The zero-order valence-electron chi connectivity index (χ0n) is 20.3. The summed E-state index contributed by atoms with van der Waals surface area (Å²) in [5.41, 5.74) is 2.99. The van der Waals surface area contributed by atoms with Crippen LogP contribution in [-0.4, -0.2) is 45.9 Å². The first-order valence-corrected chi connectivity index (χ1v) is 12.3. The topological polar surface area (TPSA) is 121 Å². The number of carbonyl (C=O) groups excluding carboxylic acids is 1. The van der Waals surface area contributed by atoms with Crippen LogP contribution in [0.5, 0.6) is 11.6 Å². The summed E-state index contributed by atoms with van der Waals surface area (Å²) >= 11 is 0. The molecule has 8 nitrogen and oxygen atoms in total. The molecule has 0 bridgehead atoms.